The van der Waals surface area contributed by atoms with Gasteiger partial charge in [-0.15, -0.1) is 0 Å². The Morgan fingerprint density at radius 1 is 1.56 bits per heavy atom. The molecule has 1 aromatic carbocycles. The Balaban J connectivity index is 2.35. The third-order valence-electron chi connectivity index (χ3n) is 2.08. The minimum Gasteiger partial charge on any atom is -0.305 e. The number of nitrogens with zero attached hydrogens (tertiary/aromatic N) is 1. The molecule has 82 valence electrons. The molecule has 0 fully saturated rings. The van der Waals surface area contributed by atoms with Gasteiger partial charge in [-0.05, 0) is 31.2 Å². The second-order valence-corrected chi connectivity index (χ2v) is 3.69. The monoisotopic (exact) mass is 235 g/mol. The number of benzene rings is 1. The predicted octanol–water partition coefficient (Wildman–Crippen LogP) is 2.73. The lowest BCUT2D eigenvalue weighted by molar-refractivity contribution is -0.111. The van der Waals surface area contributed by atoms with Crippen molar-refractivity contribution in [3.05, 3.63) is 35.4 Å². The van der Waals surface area contributed by atoms with Gasteiger partial charge in [0.25, 0.3) is 0 Å². The van der Waals surface area contributed by atoms with Crippen molar-refractivity contribution >= 4 is 34.2 Å². The normalized spacial score (nSPS) is 11.1. The molecule has 0 atom stereocenters. The number of amides is 1. The number of allylic oxidation sites excluding steroid dienone is 1. The van der Waals surface area contributed by atoms with Gasteiger partial charge in [-0.1, -0.05) is 17.7 Å². The van der Waals surface area contributed by atoms with Crippen LogP contribution in [0.5, 0.6) is 0 Å². The van der Waals surface area contributed by atoms with Crippen LogP contribution in [0.25, 0.3) is 10.9 Å². The van der Waals surface area contributed by atoms with E-state index in [4.69, 9.17) is 11.6 Å². The molecule has 0 bridgehead atoms. The molecular weight excluding hydrogens is 226 g/mol. The minimum atomic E-state index is -0.203. The van der Waals surface area contributed by atoms with Crippen molar-refractivity contribution in [3.63, 3.8) is 0 Å². The second kappa shape index (κ2) is 4.37. The van der Waals surface area contributed by atoms with Crippen LogP contribution in [-0.2, 0) is 4.79 Å². The molecular formula is C11H10ClN3O. The molecule has 0 saturated carbocycles. The third-order valence-corrected chi connectivity index (χ3v) is 2.32. The fourth-order valence-electron chi connectivity index (χ4n) is 1.40. The fraction of sp³-hybridized carbons (Fsp3) is 0.0909. The second-order valence-electron chi connectivity index (χ2n) is 3.25. The van der Waals surface area contributed by atoms with Crippen LogP contribution in [-0.4, -0.2) is 16.1 Å². The number of carbonyl (C=O) groups is 1. The average molecular weight is 236 g/mol. The Morgan fingerprint density at radius 2 is 2.38 bits per heavy atom. The topological polar surface area (TPSA) is 57.8 Å². The zero-order chi connectivity index (χ0) is 11.5. The summed E-state index contributed by atoms with van der Waals surface area (Å²) in [6, 6.07) is 5.33. The number of aromatic amines is 1. The molecule has 0 radical (unpaired) electrons. The van der Waals surface area contributed by atoms with Crippen LogP contribution in [0.3, 0.4) is 0 Å². The third kappa shape index (κ3) is 2.06. The van der Waals surface area contributed by atoms with Gasteiger partial charge in [0.1, 0.15) is 0 Å². The van der Waals surface area contributed by atoms with E-state index < -0.39 is 0 Å². The highest BCUT2D eigenvalue weighted by molar-refractivity contribution is 6.31. The lowest BCUT2D eigenvalue weighted by Gasteiger charge is -1.97. The predicted molar refractivity (Wildman–Crippen MR) is 64.5 cm³/mol. The van der Waals surface area contributed by atoms with Crippen LogP contribution in [0.4, 0.5) is 5.82 Å². The smallest absolute Gasteiger partial charge is 0.249 e. The van der Waals surface area contributed by atoms with Crippen molar-refractivity contribution in [2.45, 2.75) is 6.92 Å². The van der Waals surface area contributed by atoms with E-state index in [9.17, 15) is 4.79 Å². The molecule has 0 aliphatic rings. The van der Waals surface area contributed by atoms with E-state index in [2.05, 4.69) is 15.5 Å². The van der Waals surface area contributed by atoms with Gasteiger partial charge in [-0.2, -0.15) is 5.10 Å². The highest BCUT2D eigenvalue weighted by atomic mass is 35.5. The molecule has 2 aromatic rings. The highest BCUT2D eigenvalue weighted by Crippen LogP contribution is 2.23. The summed E-state index contributed by atoms with van der Waals surface area (Å²) in [5, 5.41) is 10.9. The number of aromatic nitrogens is 2. The van der Waals surface area contributed by atoms with Crippen LogP contribution < -0.4 is 5.32 Å². The van der Waals surface area contributed by atoms with Gasteiger partial charge in [0.05, 0.1) is 5.52 Å². The Labute approximate surface area is 97.3 Å². The average Bonchev–Trinajstić information content (AvgIpc) is 2.61. The van der Waals surface area contributed by atoms with Crippen molar-refractivity contribution in [2.75, 3.05) is 5.32 Å². The van der Waals surface area contributed by atoms with E-state index in [1.165, 1.54) is 6.08 Å². The molecule has 16 heavy (non-hydrogen) atoms. The molecule has 4 nitrogen and oxygen atoms in total. The Hall–Kier alpha value is -1.81. The van der Waals surface area contributed by atoms with Crippen molar-refractivity contribution < 1.29 is 4.79 Å². The number of halogens is 1. The zero-order valence-corrected chi connectivity index (χ0v) is 9.38. The zero-order valence-electron chi connectivity index (χ0n) is 8.62. The van der Waals surface area contributed by atoms with E-state index >= 15 is 0 Å². The summed E-state index contributed by atoms with van der Waals surface area (Å²) in [7, 11) is 0. The molecule has 0 aliphatic heterocycles. The molecule has 1 heterocycles. The molecule has 1 amide bonds. The quantitative estimate of drug-likeness (QED) is 0.787. The lowest BCUT2D eigenvalue weighted by Crippen LogP contribution is -2.08. The van der Waals surface area contributed by atoms with Crippen molar-refractivity contribution in [1.82, 2.24) is 10.2 Å². The van der Waals surface area contributed by atoms with Crippen LogP contribution in [0.1, 0.15) is 6.92 Å². The standard InChI is InChI=1S/C11H10ClN3O/c1-2-3-10(16)13-11-8-5-4-7(12)6-9(8)14-15-11/h2-6H,1H3,(H2,13,14,15,16). The van der Waals surface area contributed by atoms with Crippen LogP contribution in [0.2, 0.25) is 5.02 Å². The van der Waals surface area contributed by atoms with Crippen molar-refractivity contribution in [1.29, 1.82) is 0 Å². The number of rotatable bonds is 2. The molecule has 2 rings (SSSR count). The van der Waals surface area contributed by atoms with Crippen LogP contribution in [0.15, 0.2) is 30.4 Å². The summed E-state index contributed by atoms with van der Waals surface area (Å²) in [5.41, 5.74) is 0.795. The fourth-order valence-corrected chi connectivity index (χ4v) is 1.57. The first-order valence-corrected chi connectivity index (χ1v) is 5.16. The molecule has 0 unspecified atom stereocenters. The number of fused-ring (bicyclic) bond motifs is 1. The number of nitrogens with one attached hydrogen (secondary N) is 2. The molecule has 1 aromatic heterocycles. The summed E-state index contributed by atoms with van der Waals surface area (Å²) in [6.45, 7) is 1.78. The van der Waals surface area contributed by atoms with E-state index in [1.54, 1.807) is 25.1 Å². The Bertz CT molecular complexity index is 559. The van der Waals surface area contributed by atoms with Gasteiger partial charge < -0.3 is 5.32 Å². The van der Waals surface area contributed by atoms with E-state index in [0.717, 1.165) is 10.9 Å². The number of anilines is 1. The maximum atomic E-state index is 11.3. The van der Waals surface area contributed by atoms with Gasteiger partial charge >= 0.3 is 0 Å². The maximum absolute atomic E-state index is 11.3. The van der Waals surface area contributed by atoms with Gasteiger partial charge in [-0.25, -0.2) is 0 Å². The van der Waals surface area contributed by atoms with E-state index in [0.29, 0.717) is 10.8 Å². The van der Waals surface area contributed by atoms with Gasteiger partial charge in [0.2, 0.25) is 5.91 Å². The summed E-state index contributed by atoms with van der Waals surface area (Å²) in [4.78, 5) is 11.3. The number of H-pyrrole nitrogens is 1. The first kappa shape index (κ1) is 10.7. The number of hydrogen-bond donors (Lipinski definition) is 2. The number of carbonyl (C=O) groups excluding carboxylic acids is 1. The minimum absolute atomic E-state index is 0.203. The maximum Gasteiger partial charge on any atom is 0.249 e. The lowest BCUT2D eigenvalue weighted by atomic mass is 10.2. The highest BCUT2D eigenvalue weighted by Gasteiger charge is 2.07. The van der Waals surface area contributed by atoms with Crippen LogP contribution in [0, 0.1) is 0 Å². The van der Waals surface area contributed by atoms with Crippen molar-refractivity contribution in [2.24, 2.45) is 0 Å². The largest absolute Gasteiger partial charge is 0.305 e. The van der Waals surface area contributed by atoms with Gasteiger partial charge in [-0.3, -0.25) is 9.89 Å². The Kier molecular flexibility index (Phi) is 2.92. The first-order valence-electron chi connectivity index (χ1n) is 4.78. The van der Waals surface area contributed by atoms with E-state index in [-0.39, 0.29) is 5.91 Å². The summed E-state index contributed by atoms with van der Waals surface area (Å²) < 4.78 is 0. The van der Waals surface area contributed by atoms with Crippen LogP contribution >= 0.6 is 11.6 Å². The van der Waals surface area contributed by atoms with E-state index in [1.807, 2.05) is 6.07 Å². The Morgan fingerprint density at radius 3 is 3.12 bits per heavy atom. The molecule has 0 spiro atoms. The molecule has 5 heteroatoms. The summed E-state index contributed by atoms with van der Waals surface area (Å²) >= 11 is 5.84. The summed E-state index contributed by atoms with van der Waals surface area (Å²) in [5.74, 6) is 0.306. The van der Waals surface area contributed by atoms with Gasteiger partial charge in [0.15, 0.2) is 5.82 Å². The summed E-state index contributed by atoms with van der Waals surface area (Å²) in [6.07, 6.45) is 3.11. The molecule has 0 aliphatic carbocycles. The van der Waals surface area contributed by atoms with Gasteiger partial charge in [0, 0.05) is 10.4 Å². The number of hydrogen-bond acceptors (Lipinski definition) is 2. The van der Waals surface area contributed by atoms with Crippen molar-refractivity contribution in [3.8, 4) is 0 Å². The first-order chi connectivity index (χ1) is 7.70. The SMILES string of the molecule is CC=CC(=O)Nc1n[nH]c2cc(Cl)ccc12. The molecule has 0 saturated heterocycles. The molecule has 2 N–H and O–H groups in total.